The fraction of sp³-hybridized carbons (Fsp3) is 0.107. The van der Waals surface area contributed by atoms with Crippen molar-refractivity contribution in [2.45, 2.75) is 12.8 Å². The Bertz CT molecular complexity index is 1410. The topological polar surface area (TPSA) is 94.0 Å². The lowest BCUT2D eigenvalue weighted by Crippen LogP contribution is -2.31. The second-order valence-corrected chi connectivity index (χ2v) is 10.0. The molecule has 6 nitrogen and oxygen atoms in total. The second-order valence-electron chi connectivity index (χ2n) is 8.17. The maximum Gasteiger partial charge on any atom is 0.254 e. The molecule has 0 saturated carbocycles. The molecule has 37 heavy (non-hydrogen) atoms. The Labute approximate surface area is 229 Å². The van der Waals surface area contributed by atoms with E-state index in [9.17, 15) is 14.9 Å². The average molecular weight is 549 g/mol. The van der Waals surface area contributed by atoms with Gasteiger partial charge in [-0.25, -0.2) is 0 Å². The van der Waals surface area contributed by atoms with Crippen molar-refractivity contribution in [2.24, 2.45) is 0 Å². The van der Waals surface area contributed by atoms with E-state index in [4.69, 9.17) is 23.2 Å². The zero-order valence-corrected chi connectivity index (χ0v) is 22.0. The molecule has 0 aromatic heterocycles. The van der Waals surface area contributed by atoms with Crippen LogP contribution in [0.3, 0.4) is 0 Å². The highest BCUT2D eigenvalue weighted by Crippen LogP contribution is 2.41. The lowest BCUT2D eigenvalue weighted by Gasteiger charge is -2.30. The van der Waals surface area contributed by atoms with Gasteiger partial charge in [0, 0.05) is 32.7 Å². The first-order chi connectivity index (χ1) is 17.9. The van der Waals surface area contributed by atoms with Gasteiger partial charge in [-0.3, -0.25) is 9.59 Å². The second kappa shape index (κ2) is 12.0. The van der Waals surface area contributed by atoms with E-state index in [-0.39, 0.29) is 17.6 Å². The lowest BCUT2D eigenvalue weighted by atomic mass is 9.82. The third-order valence-electron chi connectivity index (χ3n) is 5.60. The van der Waals surface area contributed by atoms with Crippen molar-refractivity contribution in [3.05, 3.63) is 116 Å². The molecular weight excluding hydrogens is 527 g/mol. The number of hydrogen-bond acceptors (Lipinski definition) is 5. The Balaban J connectivity index is 1.60. The summed E-state index contributed by atoms with van der Waals surface area (Å²) in [4.78, 5) is 26.0. The van der Waals surface area contributed by atoms with E-state index in [1.807, 2.05) is 30.3 Å². The Hall–Kier alpha value is -3.70. The van der Waals surface area contributed by atoms with Gasteiger partial charge in [0.2, 0.25) is 5.91 Å². The number of amides is 2. The van der Waals surface area contributed by atoms with E-state index in [1.54, 1.807) is 55.5 Å². The van der Waals surface area contributed by atoms with E-state index in [1.165, 1.54) is 11.8 Å². The van der Waals surface area contributed by atoms with E-state index < -0.39 is 5.92 Å². The largest absolute Gasteiger partial charge is 0.353 e. The normalized spacial score (nSPS) is 15.0. The summed E-state index contributed by atoms with van der Waals surface area (Å²) in [7, 11) is 0. The van der Waals surface area contributed by atoms with Crippen molar-refractivity contribution in [3.63, 3.8) is 0 Å². The Morgan fingerprint density at radius 1 is 0.919 bits per heavy atom. The molecule has 0 saturated heterocycles. The van der Waals surface area contributed by atoms with Crippen LogP contribution in [0.1, 0.15) is 18.4 Å². The highest BCUT2D eigenvalue weighted by atomic mass is 35.5. The standard InChI is InChI=1S/C28H22Cl2N4O2S/c1-17-25(27(36)34-22-13-9-20(30)10-14-22)26(18-5-3-2-4-6-18)23(15-31)28(32-17)37-16-24(35)33-21-11-7-19(29)8-12-21/h2-14,26,32H,16H2,1H3,(H,33,35)(H,34,36)/t26-/m1/s1. The van der Waals surface area contributed by atoms with Crippen molar-refractivity contribution in [2.75, 3.05) is 16.4 Å². The number of carbonyl (C=O) groups excluding carboxylic acids is 2. The van der Waals surface area contributed by atoms with Crippen molar-refractivity contribution in [1.82, 2.24) is 5.32 Å². The number of hydrogen-bond donors (Lipinski definition) is 3. The molecule has 0 radical (unpaired) electrons. The average Bonchev–Trinajstić information content (AvgIpc) is 2.90. The van der Waals surface area contributed by atoms with Gasteiger partial charge in [0.1, 0.15) is 0 Å². The highest BCUT2D eigenvalue weighted by molar-refractivity contribution is 8.03. The fourth-order valence-corrected chi connectivity index (χ4v) is 5.05. The number of anilines is 2. The Morgan fingerprint density at radius 3 is 2.05 bits per heavy atom. The molecule has 0 bridgehead atoms. The van der Waals surface area contributed by atoms with Crippen LogP contribution in [0, 0.1) is 11.3 Å². The quantitative estimate of drug-likeness (QED) is 0.305. The van der Waals surface area contributed by atoms with E-state index in [0.29, 0.717) is 43.3 Å². The predicted octanol–water partition coefficient (Wildman–Crippen LogP) is 6.70. The van der Waals surface area contributed by atoms with E-state index in [2.05, 4.69) is 22.0 Å². The van der Waals surface area contributed by atoms with Gasteiger partial charge >= 0.3 is 0 Å². The molecule has 1 aliphatic heterocycles. The van der Waals surface area contributed by atoms with Crippen LogP contribution in [0.25, 0.3) is 0 Å². The number of nitrogens with one attached hydrogen (secondary N) is 3. The molecule has 0 unspecified atom stereocenters. The molecule has 186 valence electrons. The SMILES string of the molecule is CC1=C(C(=O)Nc2ccc(Cl)cc2)[C@H](c2ccccc2)C(C#N)=C(SCC(=O)Nc2ccc(Cl)cc2)N1. The molecule has 9 heteroatoms. The summed E-state index contributed by atoms with van der Waals surface area (Å²) >= 11 is 13.1. The first-order valence-corrected chi connectivity index (χ1v) is 13.0. The number of nitrogens with zero attached hydrogens (tertiary/aromatic N) is 1. The molecule has 1 heterocycles. The number of benzene rings is 3. The molecule has 1 atom stereocenters. The summed E-state index contributed by atoms with van der Waals surface area (Å²) in [6, 6.07) is 25.3. The summed E-state index contributed by atoms with van der Waals surface area (Å²) in [5.74, 6) is -1.11. The highest BCUT2D eigenvalue weighted by Gasteiger charge is 2.34. The van der Waals surface area contributed by atoms with Gasteiger partial charge in [0.15, 0.2) is 0 Å². The number of nitriles is 1. The van der Waals surface area contributed by atoms with Crippen LogP contribution >= 0.6 is 35.0 Å². The minimum atomic E-state index is -0.610. The minimum absolute atomic E-state index is 0.0667. The maximum absolute atomic E-state index is 13.5. The van der Waals surface area contributed by atoms with Crippen LogP contribution in [0.15, 0.2) is 101 Å². The third-order valence-corrected chi connectivity index (χ3v) is 7.12. The van der Waals surface area contributed by atoms with Gasteiger partial charge < -0.3 is 16.0 Å². The van der Waals surface area contributed by atoms with Crippen LogP contribution in [0.4, 0.5) is 11.4 Å². The van der Waals surface area contributed by atoms with Crippen LogP contribution < -0.4 is 16.0 Å². The van der Waals surface area contributed by atoms with Crippen LogP contribution in [-0.4, -0.2) is 17.6 Å². The van der Waals surface area contributed by atoms with Gasteiger partial charge in [0.05, 0.1) is 28.3 Å². The summed E-state index contributed by atoms with van der Waals surface area (Å²) in [6.45, 7) is 1.79. The molecule has 3 aromatic carbocycles. The molecule has 3 aromatic rings. The smallest absolute Gasteiger partial charge is 0.254 e. The number of dihydropyridines is 1. The number of thioether (sulfide) groups is 1. The maximum atomic E-state index is 13.5. The van der Waals surface area contributed by atoms with Gasteiger partial charge in [0.25, 0.3) is 5.91 Å². The first-order valence-electron chi connectivity index (χ1n) is 11.3. The summed E-state index contributed by atoms with van der Waals surface area (Å²) in [5.41, 5.74) is 3.39. The summed E-state index contributed by atoms with van der Waals surface area (Å²) in [6.07, 6.45) is 0. The number of allylic oxidation sites excluding steroid dienone is 2. The summed E-state index contributed by atoms with van der Waals surface area (Å²) in [5, 5.41) is 20.8. The van der Waals surface area contributed by atoms with Crippen molar-refractivity contribution < 1.29 is 9.59 Å². The zero-order valence-electron chi connectivity index (χ0n) is 19.7. The van der Waals surface area contributed by atoms with Gasteiger partial charge in [-0.1, -0.05) is 65.3 Å². The predicted molar refractivity (Wildman–Crippen MR) is 150 cm³/mol. The molecule has 4 rings (SSSR count). The van der Waals surface area contributed by atoms with Gasteiger partial charge in [-0.15, -0.1) is 0 Å². The fourth-order valence-electron chi connectivity index (χ4n) is 3.91. The van der Waals surface area contributed by atoms with E-state index in [0.717, 1.165) is 5.56 Å². The molecule has 0 spiro atoms. The molecule has 0 aliphatic carbocycles. The van der Waals surface area contributed by atoms with Gasteiger partial charge in [-0.2, -0.15) is 5.26 Å². The minimum Gasteiger partial charge on any atom is -0.353 e. The number of halogens is 2. The van der Waals surface area contributed by atoms with Crippen LogP contribution in [-0.2, 0) is 9.59 Å². The van der Waals surface area contributed by atoms with E-state index >= 15 is 0 Å². The third kappa shape index (κ3) is 6.55. The number of rotatable bonds is 7. The number of carbonyl (C=O) groups is 2. The first kappa shape index (κ1) is 26.4. The van der Waals surface area contributed by atoms with Crippen LogP contribution in [0.5, 0.6) is 0 Å². The monoisotopic (exact) mass is 548 g/mol. The molecule has 0 fully saturated rings. The van der Waals surface area contributed by atoms with Gasteiger partial charge in [-0.05, 0) is 61.0 Å². The molecule has 3 N–H and O–H groups in total. The molecule has 1 aliphatic rings. The van der Waals surface area contributed by atoms with Crippen molar-refractivity contribution >= 4 is 58.2 Å². The molecule has 2 amide bonds. The van der Waals surface area contributed by atoms with Crippen LogP contribution in [0.2, 0.25) is 10.0 Å². The Kier molecular flexibility index (Phi) is 8.57. The zero-order chi connectivity index (χ0) is 26.4. The Morgan fingerprint density at radius 2 is 1.49 bits per heavy atom. The lowest BCUT2D eigenvalue weighted by molar-refractivity contribution is -0.114. The van der Waals surface area contributed by atoms with Crippen molar-refractivity contribution in [3.8, 4) is 6.07 Å². The molecular formula is C28H22Cl2N4O2S. The summed E-state index contributed by atoms with van der Waals surface area (Å²) < 4.78 is 0. The van der Waals surface area contributed by atoms with Crippen molar-refractivity contribution in [1.29, 1.82) is 5.26 Å².